The second-order valence-corrected chi connectivity index (χ2v) is 3.95. The first-order chi connectivity index (χ1) is 8.11. The van der Waals surface area contributed by atoms with E-state index in [-0.39, 0.29) is 17.1 Å². The average Bonchev–Trinajstić information content (AvgIpc) is 2.75. The summed E-state index contributed by atoms with van der Waals surface area (Å²) in [6.07, 6.45) is 4.29. The molecule has 0 unspecified atom stereocenters. The van der Waals surface area contributed by atoms with Gasteiger partial charge in [-0.1, -0.05) is 0 Å². The van der Waals surface area contributed by atoms with E-state index in [4.69, 9.17) is 5.26 Å². The van der Waals surface area contributed by atoms with E-state index in [1.807, 2.05) is 0 Å². The van der Waals surface area contributed by atoms with Gasteiger partial charge in [0.2, 0.25) is 5.82 Å². The lowest BCUT2D eigenvalue weighted by atomic mass is 10.3. The zero-order valence-corrected chi connectivity index (χ0v) is 9.83. The van der Waals surface area contributed by atoms with E-state index in [1.54, 1.807) is 12.3 Å². The minimum absolute atomic E-state index is 0.0692. The number of pyridine rings is 1. The average molecular weight is 294 g/mol. The second-order valence-electron chi connectivity index (χ2n) is 3.04. The molecule has 7 nitrogen and oxygen atoms in total. The molecular formula is C9H4BrN5O2. The Morgan fingerprint density at radius 1 is 1.53 bits per heavy atom. The number of aromatic nitrogens is 3. The van der Waals surface area contributed by atoms with Crippen molar-refractivity contribution in [1.29, 1.82) is 5.26 Å². The van der Waals surface area contributed by atoms with Gasteiger partial charge in [-0.15, -0.1) is 0 Å². The molecule has 8 heteroatoms. The van der Waals surface area contributed by atoms with Crippen LogP contribution in [0, 0.1) is 21.4 Å². The molecule has 0 saturated carbocycles. The van der Waals surface area contributed by atoms with Crippen molar-refractivity contribution in [2.24, 2.45) is 0 Å². The van der Waals surface area contributed by atoms with Crippen LogP contribution in [0.4, 0.5) is 5.69 Å². The highest BCUT2D eigenvalue weighted by Crippen LogP contribution is 2.22. The summed E-state index contributed by atoms with van der Waals surface area (Å²) in [6.45, 7) is 0. The molecule has 0 atom stereocenters. The molecule has 0 spiro atoms. The lowest BCUT2D eigenvalue weighted by Crippen LogP contribution is -2.03. The second kappa shape index (κ2) is 4.31. The molecule has 2 rings (SSSR count). The molecule has 0 saturated heterocycles. The van der Waals surface area contributed by atoms with Crippen molar-refractivity contribution in [3.63, 3.8) is 0 Å². The van der Waals surface area contributed by atoms with Crippen LogP contribution in [0.15, 0.2) is 29.1 Å². The molecular weight excluding hydrogens is 290 g/mol. The minimum Gasteiger partial charge on any atom is -0.258 e. The van der Waals surface area contributed by atoms with Gasteiger partial charge in [0.05, 0.1) is 21.2 Å². The number of nitro groups is 1. The molecule has 0 aliphatic carbocycles. The van der Waals surface area contributed by atoms with E-state index in [9.17, 15) is 10.1 Å². The van der Waals surface area contributed by atoms with E-state index in [2.05, 4.69) is 26.0 Å². The Balaban J connectivity index is 2.62. The van der Waals surface area contributed by atoms with Crippen LogP contribution in [0.2, 0.25) is 0 Å². The van der Waals surface area contributed by atoms with Crippen LogP contribution in [0.3, 0.4) is 0 Å². The van der Waals surface area contributed by atoms with Gasteiger partial charge in [-0.05, 0) is 15.9 Å². The maximum Gasteiger partial charge on any atom is 0.315 e. The summed E-state index contributed by atoms with van der Waals surface area (Å²) in [4.78, 5) is 14.1. The predicted molar refractivity (Wildman–Crippen MR) is 60.4 cm³/mol. The Labute approximate surface area is 104 Å². The van der Waals surface area contributed by atoms with Gasteiger partial charge in [0.1, 0.15) is 6.07 Å². The van der Waals surface area contributed by atoms with Crippen molar-refractivity contribution in [2.45, 2.75) is 0 Å². The van der Waals surface area contributed by atoms with Gasteiger partial charge < -0.3 is 0 Å². The summed E-state index contributed by atoms with van der Waals surface area (Å²) in [6, 6.07) is 2.96. The van der Waals surface area contributed by atoms with Gasteiger partial charge in [-0.25, -0.2) is 9.67 Å². The van der Waals surface area contributed by atoms with Gasteiger partial charge >= 0.3 is 5.69 Å². The monoisotopic (exact) mass is 293 g/mol. The van der Waals surface area contributed by atoms with Crippen molar-refractivity contribution in [3.8, 4) is 11.9 Å². The summed E-state index contributed by atoms with van der Waals surface area (Å²) in [5, 5.41) is 23.4. The first kappa shape index (κ1) is 11.2. The number of hydrogen-bond donors (Lipinski definition) is 0. The van der Waals surface area contributed by atoms with Crippen molar-refractivity contribution in [2.75, 3.05) is 0 Å². The number of nitrogens with zero attached hydrogens (tertiary/aromatic N) is 5. The molecule has 0 aliphatic heterocycles. The molecule has 17 heavy (non-hydrogen) atoms. The van der Waals surface area contributed by atoms with Crippen molar-refractivity contribution >= 4 is 21.6 Å². The third kappa shape index (κ3) is 2.14. The number of nitriles is 1. The Hall–Kier alpha value is -2.27. The Kier molecular flexibility index (Phi) is 2.84. The molecule has 0 aromatic carbocycles. The molecule has 2 aromatic heterocycles. The lowest BCUT2D eigenvalue weighted by molar-refractivity contribution is -0.385. The van der Waals surface area contributed by atoms with Crippen LogP contribution in [0.5, 0.6) is 0 Å². The summed E-state index contributed by atoms with van der Waals surface area (Å²) < 4.78 is 1.95. The summed E-state index contributed by atoms with van der Waals surface area (Å²) in [7, 11) is 0. The van der Waals surface area contributed by atoms with Crippen LogP contribution in [-0.2, 0) is 0 Å². The van der Waals surface area contributed by atoms with Gasteiger partial charge in [0.25, 0.3) is 0 Å². The SMILES string of the molecule is N#Cc1cnc(-n2cc(Br)cn2)c([N+](=O)[O-])c1. The number of rotatable bonds is 2. The van der Waals surface area contributed by atoms with Crippen LogP contribution < -0.4 is 0 Å². The van der Waals surface area contributed by atoms with Gasteiger partial charge in [-0.2, -0.15) is 10.4 Å². The number of halogens is 1. The molecule has 84 valence electrons. The number of hydrogen-bond acceptors (Lipinski definition) is 5. The zero-order chi connectivity index (χ0) is 12.4. The fourth-order valence-corrected chi connectivity index (χ4v) is 1.52. The van der Waals surface area contributed by atoms with Gasteiger partial charge in [0, 0.05) is 18.5 Å². The molecule has 0 fully saturated rings. The van der Waals surface area contributed by atoms with Gasteiger partial charge in [0.15, 0.2) is 0 Å². The van der Waals surface area contributed by atoms with Crippen molar-refractivity contribution < 1.29 is 4.92 Å². The summed E-state index contributed by atoms with van der Waals surface area (Å²) in [5.74, 6) is 0.0692. The maximum absolute atomic E-state index is 10.9. The standard InChI is InChI=1S/C9H4BrN5O2/c10-7-4-13-14(5-7)9-8(15(16)17)1-6(2-11)3-12-9/h1,3-5H. The van der Waals surface area contributed by atoms with E-state index < -0.39 is 4.92 Å². The Bertz CT molecular complexity index is 631. The molecule has 0 amide bonds. The normalized spacial score (nSPS) is 9.88. The first-order valence-electron chi connectivity index (χ1n) is 4.37. The molecule has 2 heterocycles. The molecule has 0 aliphatic rings. The fraction of sp³-hybridized carbons (Fsp3) is 0. The third-order valence-electron chi connectivity index (χ3n) is 1.94. The molecule has 0 bridgehead atoms. The first-order valence-corrected chi connectivity index (χ1v) is 5.16. The maximum atomic E-state index is 10.9. The minimum atomic E-state index is -0.598. The van der Waals surface area contributed by atoms with E-state index in [0.717, 1.165) is 6.07 Å². The quantitative estimate of drug-likeness (QED) is 0.621. The summed E-state index contributed by atoms with van der Waals surface area (Å²) >= 11 is 3.19. The van der Waals surface area contributed by atoms with E-state index in [0.29, 0.717) is 4.47 Å². The van der Waals surface area contributed by atoms with Crippen LogP contribution >= 0.6 is 15.9 Å². The largest absolute Gasteiger partial charge is 0.315 e. The predicted octanol–water partition coefficient (Wildman–Crippen LogP) is 1.81. The lowest BCUT2D eigenvalue weighted by Gasteiger charge is -2.01. The van der Waals surface area contributed by atoms with E-state index >= 15 is 0 Å². The molecule has 0 N–H and O–H groups in total. The smallest absolute Gasteiger partial charge is 0.258 e. The highest BCUT2D eigenvalue weighted by atomic mass is 79.9. The Morgan fingerprint density at radius 3 is 2.82 bits per heavy atom. The molecule has 0 radical (unpaired) electrons. The van der Waals surface area contributed by atoms with Crippen molar-refractivity contribution in [3.05, 3.63) is 44.8 Å². The molecule has 2 aromatic rings. The zero-order valence-electron chi connectivity index (χ0n) is 8.24. The van der Waals surface area contributed by atoms with E-state index in [1.165, 1.54) is 17.1 Å². The van der Waals surface area contributed by atoms with Crippen molar-refractivity contribution in [1.82, 2.24) is 14.8 Å². The summed E-state index contributed by atoms with van der Waals surface area (Å²) in [5.41, 5.74) is -0.133. The van der Waals surface area contributed by atoms with Crippen LogP contribution in [0.1, 0.15) is 5.56 Å². The van der Waals surface area contributed by atoms with Gasteiger partial charge in [-0.3, -0.25) is 10.1 Å². The topological polar surface area (TPSA) is 97.6 Å². The Morgan fingerprint density at radius 2 is 2.29 bits per heavy atom. The van der Waals surface area contributed by atoms with Crippen LogP contribution in [0.25, 0.3) is 5.82 Å². The highest BCUT2D eigenvalue weighted by Gasteiger charge is 2.18. The third-order valence-corrected chi connectivity index (χ3v) is 2.35. The highest BCUT2D eigenvalue weighted by molar-refractivity contribution is 9.10. The fourth-order valence-electron chi connectivity index (χ4n) is 1.23. The van der Waals surface area contributed by atoms with Crippen LogP contribution in [-0.4, -0.2) is 19.7 Å².